The van der Waals surface area contributed by atoms with E-state index >= 15 is 0 Å². The first-order chi connectivity index (χ1) is 15.4. The first-order valence-electron chi connectivity index (χ1n) is 11.0. The molecule has 1 aromatic carbocycles. The second kappa shape index (κ2) is 12.7. The number of hydrogen-bond acceptors (Lipinski definition) is 6. The van der Waals surface area contributed by atoms with Gasteiger partial charge in [0, 0.05) is 13.6 Å². The summed E-state index contributed by atoms with van der Waals surface area (Å²) < 4.78 is 5.18. The highest BCUT2D eigenvalue weighted by atomic mass is 16.6. The van der Waals surface area contributed by atoms with E-state index in [-0.39, 0.29) is 5.75 Å². The molecule has 0 saturated heterocycles. The monoisotopic (exact) mass is 464 g/mol. The third kappa shape index (κ3) is 9.80. The van der Waals surface area contributed by atoms with Crippen molar-refractivity contribution in [3.63, 3.8) is 0 Å². The molecule has 0 spiro atoms. The first kappa shape index (κ1) is 27.7. The summed E-state index contributed by atoms with van der Waals surface area (Å²) in [6.45, 7) is 7.43. The number of amides is 4. The zero-order valence-corrected chi connectivity index (χ0v) is 20.0. The van der Waals surface area contributed by atoms with Gasteiger partial charge >= 0.3 is 6.09 Å². The van der Waals surface area contributed by atoms with Gasteiger partial charge < -0.3 is 31.1 Å². The lowest BCUT2D eigenvalue weighted by atomic mass is 10.0. The van der Waals surface area contributed by atoms with Gasteiger partial charge in [0.05, 0.1) is 6.42 Å². The fourth-order valence-corrected chi connectivity index (χ4v) is 3.15. The van der Waals surface area contributed by atoms with Crippen molar-refractivity contribution in [2.45, 2.75) is 71.1 Å². The zero-order valence-electron chi connectivity index (χ0n) is 20.0. The minimum Gasteiger partial charge on any atom is -0.508 e. The molecule has 2 unspecified atom stereocenters. The molecule has 0 bridgehead atoms. The Balaban J connectivity index is 3.17. The number of benzene rings is 1. The van der Waals surface area contributed by atoms with Gasteiger partial charge in [-0.2, -0.15) is 0 Å². The molecular weight excluding hydrogens is 428 g/mol. The van der Waals surface area contributed by atoms with Crippen molar-refractivity contribution in [2.75, 3.05) is 13.6 Å². The second-order valence-electron chi connectivity index (χ2n) is 8.81. The van der Waals surface area contributed by atoms with Gasteiger partial charge in [-0.1, -0.05) is 31.9 Å². The van der Waals surface area contributed by atoms with Crippen LogP contribution in [0.4, 0.5) is 4.79 Å². The third-order valence-corrected chi connectivity index (χ3v) is 4.64. The summed E-state index contributed by atoms with van der Waals surface area (Å²) in [6.07, 6.45) is 1.32. The Bertz CT molecular complexity index is 836. The van der Waals surface area contributed by atoms with Crippen LogP contribution in [-0.2, 0) is 19.1 Å². The van der Waals surface area contributed by atoms with Crippen LogP contribution >= 0.6 is 0 Å². The number of aromatic hydroxyl groups is 1. The SMILES string of the molecule is CCCCCNC(=O)C(c1cccc(O)c1)N(C)C(=O)C(CC(N)=O)NC(=O)OC(C)(C)C. The maximum atomic E-state index is 13.3. The first-order valence-corrected chi connectivity index (χ1v) is 11.0. The predicted molar refractivity (Wildman–Crippen MR) is 123 cm³/mol. The standard InChI is InChI=1S/C23H36N4O6/c1-6-7-8-12-25-20(30)19(15-10-9-11-16(28)13-15)27(5)21(31)17(14-18(24)29)26-22(32)33-23(2,3)4/h9-11,13,17,19,28H,6-8,12,14H2,1-5H3,(H2,24,29)(H,25,30)(H,26,32). The molecule has 10 nitrogen and oxygen atoms in total. The highest BCUT2D eigenvalue weighted by molar-refractivity contribution is 5.94. The Morgan fingerprint density at radius 3 is 2.39 bits per heavy atom. The number of primary amides is 1. The van der Waals surface area contributed by atoms with Crippen molar-refractivity contribution in [1.29, 1.82) is 0 Å². The number of hydrogen-bond donors (Lipinski definition) is 4. The Kier molecular flexibility index (Phi) is 10.6. The Morgan fingerprint density at radius 1 is 1.18 bits per heavy atom. The molecule has 0 radical (unpaired) electrons. The van der Waals surface area contributed by atoms with Crippen LogP contribution in [0.5, 0.6) is 5.75 Å². The zero-order chi connectivity index (χ0) is 25.2. The van der Waals surface area contributed by atoms with Crippen molar-refractivity contribution in [1.82, 2.24) is 15.5 Å². The number of nitrogens with zero attached hydrogens (tertiary/aromatic N) is 1. The van der Waals surface area contributed by atoms with Gasteiger partial charge in [0.15, 0.2) is 0 Å². The maximum Gasteiger partial charge on any atom is 0.408 e. The molecule has 10 heteroatoms. The highest BCUT2D eigenvalue weighted by Gasteiger charge is 2.34. The molecule has 2 atom stereocenters. The topological polar surface area (TPSA) is 151 Å². The molecule has 1 aromatic rings. The summed E-state index contributed by atoms with van der Waals surface area (Å²) >= 11 is 0. The average molecular weight is 465 g/mol. The number of nitrogens with two attached hydrogens (primary N) is 1. The molecular formula is C23H36N4O6. The molecule has 0 saturated carbocycles. The van der Waals surface area contributed by atoms with Crippen LogP contribution in [0.25, 0.3) is 0 Å². The number of likely N-dealkylation sites (N-methyl/N-ethyl adjacent to an activating group) is 1. The number of nitrogens with one attached hydrogen (secondary N) is 2. The average Bonchev–Trinajstić information content (AvgIpc) is 2.68. The molecule has 0 aromatic heterocycles. The summed E-state index contributed by atoms with van der Waals surface area (Å²) in [5.74, 6) is -2.05. The van der Waals surface area contributed by atoms with E-state index in [0.29, 0.717) is 12.1 Å². The summed E-state index contributed by atoms with van der Waals surface area (Å²) in [5, 5.41) is 15.1. The molecule has 0 aliphatic rings. The Labute approximate surface area is 194 Å². The van der Waals surface area contributed by atoms with Crippen LogP contribution in [0.1, 0.15) is 65.0 Å². The largest absolute Gasteiger partial charge is 0.508 e. The number of rotatable bonds is 11. The van der Waals surface area contributed by atoms with E-state index in [1.54, 1.807) is 32.9 Å². The van der Waals surface area contributed by atoms with Crippen molar-refractivity contribution < 1.29 is 29.0 Å². The highest BCUT2D eigenvalue weighted by Crippen LogP contribution is 2.24. The van der Waals surface area contributed by atoms with E-state index in [4.69, 9.17) is 10.5 Å². The number of carbonyl (C=O) groups is 4. The van der Waals surface area contributed by atoms with Crippen LogP contribution in [-0.4, -0.2) is 59.1 Å². The molecule has 0 heterocycles. The van der Waals surface area contributed by atoms with E-state index in [2.05, 4.69) is 10.6 Å². The molecule has 0 aliphatic heterocycles. The summed E-state index contributed by atoms with van der Waals surface area (Å²) in [6, 6.07) is 3.54. The molecule has 0 fully saturated rings. The van der Waals surface area contributed by atoms with Crippen LogP contribution < -0.4 is 16.4 Å². The van der Waals surface area contributed by atoms with Gasteiger partial charge in [0.25, 0.3) is 0 Å². The smallest absolute Gasteiger partial charge is 0.408 e. The summed E-state index contributed by atoms with van der Waals surface area (Å²) in [4.78, 5) is 51.2. The van der Waals surface area contributed by atoms with E-state index < -0.39 is 47.9 Å². The number of ether oxygens (including phenoxy) is 1. The number of alkyl carbamates (subject to hydrolysis) is 1. The van der Waals surface area contributed by atoms with Gasteiger partial charge in [-0.3, -0.25) is 14.4 Å². The second-order valence-corrected chi connectivity index (χ2v) is 8.81. The van der Waals surface area contributed by atoms with Crippen molar-refractivity contribution in [3.8, 4) is 5.75 Å². The van der Waals surface area contributed by atoms with Crippen molar-refractivity contribution in [2.24, 2.45) is 5.73 Å². The van der Waals surface area contributed by atoms with Crippen LogP contribution in [0, 0.1) is 0 Å². The van der Waals surface area contributed by atoms with E-state index in [9.17, 15) is 24.3 Å². The lowest BCUT2D eigenvalue weighted by Crippen LogP contribution is -2.52. The number of phenols is 1. The van der Waals surface area contributed by atoms with Crippen molar-refractivity contribution >= 4 is 23.8 Å². The lowest BCUT2D eigenvalue weighted by molar-refractivity contribution is -0.141. The number of unbranched alkanes of at least 4 members (excludes halogenated alkanes) is 2. The van der Waals surface area contributed by atoms with Crippen LogP contribution in [0.2, 0.25) is 0 Å². The van der Waals surface area contributed by atoms with Crippen LogP contribution in [0.15, 0.2) is 24.3 Å². The summed E-state index contributed by atoms with van der Waals surface area (Å²) in [5.41, 5.74) is 4.83. The van der Waals surface area contributed by atoms with Gasteiger partial charge in [-0.25, -0.2) is 4.79 Å². The molecule has 1 rings (SSSR count). The van der Waals surface area contributed by atoms with E-state index in [1.165, 1.54) is 19.2 Å². The van der Waals surface area contributed by atoms with Crippen molar-refractivity contribution in [3.05, 3.63) is 29.8 Å². The van der Waals surface area contributed by atoms with Crippen LogP contribution in [0.3, 0.4) is 0 Å². The lowest BCUT2D eigenvalue weighted by Gasteiger charge is -2.31. The number of phenolic OH excluding ortho intramolecular Hbond substituents is 1. The quantitative estimate of drug-likeness (QED) is 0.368. The van der Waals surface area contributed by atoms with Gasteiger partial charge in [0.1, 0.15) is 23.4 Å². The number of carbonyl (C=O) groups excluding carboxylic acids is 4. The Morgan fingerprint density at radius 2 is 1.85 bits per heavy atom. The van der Waals surface area contributed by atoms with Gasteiger partial charge in [-0.15, -0.1) is 0 Å². The predicted octanol–water partition coefficient (Wildman–Crippen LogP) is 1.97. The minimum atomic E-state index is -1.34. The molecule has 0 aliphatic carbocycles. The minimum absolute atomic E-state index is 0.0716. The molecule has 33 heavy (non-hydrogen) atoms. The molecule has 5 N–H and O–H groups in total. The van der Waals surface area contributed by atoms with Gasteiger partial charge in [-0.05, 0) is 44.9 Å². The Hall–Kier alpha value is -3.30. The fourth-order valence-electron chi connectivity index (χ4n) is 3.15. The fraction of sp³-hybridized carbons (Fsp3) is 0.565. The third-order valence-electron chi connectivity index (χ3n) is 4.64. The van der Waals surface area contributed by atoms with E-state index in [0.717, 1.165) is 24.2 Å². The summed E-state index contributed by atoms with van der Waals surface area (Å²) in [7, 11) is 1.38. The van der Waals surface area contributed by atoms with Gasteiger partial charge in [0.2, 0.25) is 17.7 Å². The normalized spacial score (nSPS) is 12.9. The van der Waals surface area contributed by atoms with E-state index in [1.807, 2.05) is 6.92 Å². The molecule has 184 valence electrons. The molecule has 4 amide bonds. The maximum absolute atomic E-state index is 13.3.